The van der Waals surface area contributed by atoms with Gasteiger partial charge in [0.25, 0.3) is 0 Å². The summed E-state index contributed by atoms with van der Waals surface area (Å²) in [5, 5.41) is 0. The lowest BCUT2D eigenvalue weighted by molar-refractivity contribution is 0.451. The van der Waals surface area contributed by atoms with Gasteiger partial charge in [-0.25, -0.2) is 0 Å². The number of hydrogen-bond donors (Lipinski definition) is 0. The third kappa shape index (κ3) is 3.81. The van der Waals surface area contributed by atoms with Crippen LogP contribution in [0.25, 0.3) is 0 Å². The summed E-state index contributed by atoms with van der Waals surface area (Å²) in [6.07, 6.45) is 2.46. The van der Waals surface area contributed by atoms with Gasteiger partial charge in [0.1, 0.15) is 0 Å². The van der Waals surface area contributed by atoms with E-state index in [0.717, 1.165) is 4.47 Å². The first-order chi connectivity index (χ1) is 7.19. The highest BCUT2D eigenvalue weighted by Gasteiger charge is 2.17. The number of rotatable bonds is 5. The minimum Gasteiger partial charge on any atom is -0.126 e. The van der Waals surface area contributed by atoms with Gasteiger partial charge in [-0.1, -0.05) is 54.8 Å². The normalized spacial score (nSPS) is 14.9. The maximum absolute atomic E-state index is 6.07. The molecule has 0 spiro atoms. The molecule has 0 radical (unpaired) electrons. The maximum atomic E-state index is 6.07. The van der Waals surface area contributed by atoms with E-state index in [9.17, 15) is 0 Å². The van der Waals surface area contributed by atoms with E-state index < -0.39 is 0 Å². The second kappa shape index (κ2) is 6.55. The van der Waals surface area contributed by atoms with Crippen LogP contribution >= 0.6 is 27.5 Å². The van der Waals surface area contributed by atoms with E-state index >= 15 is 0 Å². The van der Waals surface area contributed by atoms with Crippen LogP contribution < -0.4 is 0 Å². The SMILES string of the molecule is CCCC(C)C(CCl)c1cccc(Br)c1. The molecular weight excluding hydrogens is 272 g/mol. The standard InChI is InChI=1S/C13H18BrCl/c1-3-5-10(2)13(9-15)11-6-4-7-12(14)8-11/h4,6-8,10,13H,3,5,9H2,1-2H3. The van der Waals surface area contributed by atoms with Crippen LogP contribution in [0.5, 0.6) is 0 Å². The predicted molar refractivity (Wildman–Crippen MR) is 71.7 cm³/mol. The Morgan fingerprint density at radius 1 is 1.40 bits per heavy atom. The molecule has 0 nitrogen and oxygen atoms in total. The van der Waals surface area contributed by atoms with Gasteiger partial charge in [-0.2, -0.15) is 0 Å². The average molecular weight is 290 g/mol. The molecule has 2 atom stereocenters. The Morgan fingerprint density at radius 2 is 2.13 bits per heavy atom. The van der Waals surface area contributed by atoms with Crippen LogP contribution in [-0.4, -0.2) is 5.88 Å². The molecule has 0 amide bonds. The van der Waals surface area contributed by atoms with Crippen molar-refractivity contribution in [1.29, 1.82) is 0 Å². The van der Waals surface area contributed by atoms with Gasteiger partial charge in [0.05, 0.1) is 0 Å². The topological polar surface area (TPSA) is 0 Å². The molecule has 0 aliphatic heterocycles. The molecule has 1 aromatic carbocycles. The first kappa shape index (κ1) is 13.1. The van der Waals surface area contributed by atoms with E-state index in [-0.39, 0.29) is 0 Å². The zero-order valence-electron chi connectivity index (χ0n) is 9.34. The zero-order chi connectivity index (χ0) is 11.3. The van der Waals surface area contributed by atoms with Crippen molar-refractivity contribution in [2.75, 3.05) is 5.88 Å². The summed E-state index contributed by atoms with van der Waals surface area (Å²) in [5.41, 5.74) is 1.35. The highest BCUT2D eigenvalue weighted by molar-refractivity contribution is 9.10. The fourth-order valence-electron chi connectivity index (χ4n) is 1.96. The molecule has 0 aromatic heterocycles. The molecule has 84 valence electrons. The molecule has 15 heavy (non-hydrogen) atoms. The predicted octanol–water partition coefficient (Wildman–Crippen LogP) is 5.21. The maximum Gasteiger partial charge on any atom is 0.0294 e. The van der Waals surface area contributed by atoms with Crippen LogP contribution in [0.2, 0.25) is 0 Å². The van der Waals surface area contributed by atoms with Gasteiger partial charge in [0.2, 0.25) is 0 Å². The molecule has 0 fully saturated rings. The van der Waals surface area contributed by atoms with Crippen molar-refractivity contribution >= 4 is 27.5 Å². The van der Waals surface area contributed by atoms with Crippen molar-refractivity contribution in [1.82, 2.24) is 0 Å². The lowest BCUT2D eigenvalue weighted by atomic mass is 9.86. The Balaban J connectivity index is 2.82. The molecule has 2 unspecified atom stereocenters. The van der Waals surface area contributed by atoms with Gasteiger partial charge in [0.15, 0.2) is 0 Å². The van der Waals surface area contributed by atoms with E-state index in [1.54, 1.807) is 0 Å². The molecule has 0 N–H and O–H groups in total. The summed E-state index contributed by atoms with van der Waals surface area (Å²) in [6, 6.07) is 8.49. The van der Waals surface area contributed by atoms with Crippen molar-refractivity contribution in [3.05, 3.63) is 34.3 Å². The van der Waals surface area contributed by atoms with Crippen LogP contribution in [0.15, 0.2) is 28.7 Å². The molecule has 0 aliphatic rings. The Labute approximate surface area is 106 Å². The molecule has 0 aliphatic carbocycles. The van der Waals surface area contributed by atoms with Crippen LogP contribution in [0.3, 0.4) is 0 Å². The number of alkyl halides is 1. The Kier molecular flexibility index (Phi) is 5.70. The third-order valence-electron chi connectivity index (χ3n) is 2.87. The molecular formula is C13H18BrCl. The van der Waals surface area contributed by atoms with Crippen LogP contribution in [0.4, 0.5) is 0 Å². The zero-order valence-corrected chi connectivity index (χ0v) is 11.7. The van der Waals surface area contributed by atoms with Crippen molar-refractivity contribution in [2.45, 2.75) is 32.6 Å². The molecule has 0 heterocycles. The second-order valence-corrected chi connectivity index (χ2v) is 5.31. The first-order valence-corrected chi connectivity index (χ1v) is 6.83. The average Bonchev–Trinajstić information content (AvgIpc) is 2.19. The number of halogens is 2. The van der Waals surface area contributed by atoms with E-state index in [1.807, 2.05) is 0 Å². The highest BCUT2D eigenvalue weighted by atomic mass is 79.9. The van der Waals surface area contributed by atoms with Gasteiger partial charge in [-0.05, 0) is 23.6 Å². The van der Waals surface area contributed by atoms with E-state index in [2.05, 4.69) is 54.0 Å². The number of benzene rings is 1. The van der Waals surface area contributed by atoms with Gasteiger partial charge >= 0.3 is 0 Å². The van der Waals surface area contributed by atoms with E-state index in [0.29, 0.717) is 17.7 Å². The van der Waals surface area contributed by atoms with Crippen LogP contribution in [-0.2, 0) is 0 Å². The van der Waals surface area contributed by atoms with E-state index in [4.69, 9.17) is 11.6 Å². The van der Waals surface area contributed by atoms with E-state index in [1.165, 1.54) is 18.4 Å². The summed E-state index contributed by atoms with van der Waals surface area (Å²) in [4.78, 5) is 0. The Morgan fingerprint density at radius 3 is 2.67 bits per heavy atom. The lowest BCUT2D eigenvalue weighted by Gasteiger charge is -2.22. The molecule has 0 saturated carbocycles. The minimum absolute atomic E-state index is 0.476. The third-order valence-corrected chi connectivity index (χ3v) is 3.70. The van der Waals surface area contributed by atoms with Crippen molar-refractivity contribution in [3.63, 3.8) is 0 Å². The lowest BCUT2D eigenvalue weighted by Crippen LogP contribution is -2.11. The summed E-state index contributed by atoms with van der Waals surface area (Å²) >= 11 is 9.57. The quantitative estimate of drug-likeness (QED) is 0.653. The van der Waals surface area contributed by atoms with Crippen molar-refractivity contribution < 1.29 is 0 Å². The van der Waals surface area contributed by atoms with Crippen molar-refractivity contribution in [2.24, 2.45) is 5.92 Å². The largest absolute Gasteiger partial charge is 0.126 e. The number of hydrogen-bond acceptors (Lipinski definition) is 0. The summed E-state index contributed by atoms with van der Waals surface area (Å²) in [6.45, 7) is 4.51. The Bertz CT molecular complexity index is 298. The van der Waals surface area contributed by atoms with Gasteiger partial charge in [-0.15, -0.1) is 11.6 Å². The second-order valence-electron chi connectivity index (χ2n) is 4.08. The van der Waals surface area contributed by atoms with Crippen molar-refractivity contribution in [3.8, 4) is 0 Å². The molecule has 0 bridgehead atoms. The fraction of sp³-hybridized carbons (Fsp3) is 0.538. The molecule has 1 rings (SSSR count). The first-order valence-electron chi connectivity index (χ1n) is 5.50. The summed E-state index contributed by atoms with van der Waals surface area (Å²) in [5.74, 6) is 1.84. The van der Waals surface area contributed by atoms with Crippen LogP contribution in [0.1, 0.15) is 38.2 Å². The summed E-state index contributed by atoms with van der Waals surface area (Å²) < 4.78 is 1.14. The fourth-order valence-corrected chi connectivity index (χ4v) is 2.86. The van der Waals surface area contributed by atoms with Crippen LogP contribution in [0, 0.1) is 5.92 Å². The minimum atomic E-state index is 0.476. The highest BCUT2D eigenvalue weighted by Crippen LogP contribution is 2.30. The molecule has 0 saturated heterocycles. The monoisotopic (exact) mass is 288 g/mol. The molecule has 2 heteroatoms. The van der Waals surface area contributed by atoms with Gasteiger partial charge in [0, 0.05) is 16.3 Å². The molecule has 1 aromatic rings. The Hall–Kier alpha value is -0.0100. The smallest absolute Gasteiger partial charge is 0.0294 e. The summed E-state index contributed by atoms with van der Waals surface area (Å²) in [7, 11) is 0. The van der Waals surface area contributed by atoms with Gasteiger partial charge < -0.3 is 0 Å². The van der Waals surface area contributed by atoms with Gasteiger partial charge in [-0.3, -0.25) is 0 Å².